The van der Waals surface area contributed by atoms with Crippen LogP contribution in [0.4, 0.5) is 0 Å². The molecule has 1 aliphatic carbocycles. The van der Waals surface area contributed by atoms with Crippen molar-refractivity contribution >= 4 is 22.8 Å². The lowest BCUT2D eigenvalue weighted by Gasteiger charge is -2.36. The number of hydrogen-bond donors (Lipinski definition) is 2. The summed E-state index contributed by atoms with van der Waals surface area (Å²) < 4.78 is 7.46. The minimum Gasteiger partial charge on any atom is -0.495 e. The molecule has 1 aromatic heterocycles. The van der Waals surface area contributed by atoms with Gasteiger partial charge in [-0.25, -0.2) is 0 Å². The second-order valence-electron chi connectivity index (χ2n) is 7.57. The number of aromatic nitrogens is 1. The number of aryl methyl sites for hydroxylation is 1. The topological polar surface area (TPSA) is 80.6 Å². The molecule has 1 fully saturated rings. The molecule has 0 unspecified atom stereocenters. The van der Waals surface area contributed by atoms with Crippen LogP contribution in [0, 0.1) is 5.41 Å². The van der Waals surface area contributed by atoms with E-state index in [1.807, 2.05) is 35.0 Å². The minimum absolute atomic E-state index is 0.0397. The summed E-state index contributed by atoms with van der Waals surface area (Å²) in [6.45, 7) is 1.01. The summed E-state index contributed by atoms with van der Waals surface area (Å²) >= 11 is 0. The van der Waals surface area contributed by atoms with Crippen LogP contribution in [0.5, 0.6) is 5.75 Å². The number of para-hydroxylation sites is 1. The normalized spacial score (nSPS) is 16.2. The zero-order valence-corrected chi connectivity index (χ0v) is 15.9. The van der Waals surface area contributed by atoms with E-state index in [2.05, 4.69) is 5.32 Å². The first kappa shape index (κ1) is 19.3. The van der Waals surface area contributed by atoms with Crippen LogP contribution in [0.1, 0.15) is 44.9 Å². The molecule has 1 aromatic carbocycles. The standard InChI is InChI=1S/C21H28N2O4/c1-27-17-7-5-6-16-8-12-23(20(16)17)13-9-18(24)22-15-21(14-19(25)26)10-3-2-4-11-21/h5-8,12H,2-4,9-11,13-15H2,1H3,(H,22,24)(H,25,26). The van der Waals surface area contributed by atoms with E-state index in [-0.39, 0.29) is 17.7 Å². The van der Waals surface area contributed by atoms with Crippen molar-refractivity contribution in [3.05, 3.63) is 30.5 Å². The van der Waals surface area contributed by atoms with Gasteiger partial charge in [0.1, 0.15) is 5.75 Å². The number of carboxylic acids is 1. The average molecular weight is 372 g/mol. The molecule has 0 atom stereocenters. The quantitative estimate of drug-likeness (QED) is 0.742. The summed E-state index contributed by atoms with van der Waals surface area (Å²) in [4.78, 5) is 23.7. The van der Waals surface area contributed by atoms with Gasteiger partial charge in [-0.05, 0) is 30.4 Å². The van der Waals surface area contributed by atoms with E-state index in [0.717, 1.165) is 48.8 Å². The zero-order chi connectivity index (χ0) is 19.3. The first-order valence-electron chi connectivity index (χ1n) is 9.63. The van der Waals surface area contributed by atoms with E-state index in [0.29, 0.717) is 19.5 Å². The Hall–Kier alpha value is -2.50. The van der Waals surface area contributed by atoms with Gasteiger partial charge in [0.05, 0.1) is 19.0 Å². The summed E-state index contributed by atoms with van der Waals surface area (Å²) in [6, 6.07) is 7.90. The lowest BCUT2D eigenvalue weighted by atomic mass is 9.71. The molecule has 3 rings (SSSR count). The van der Waals surface area contributed by atoms with Crippen molar-refractivity contribution in [1.29, 1.82) is 0 Å². The number of aliphatic carboxylic acids is 1. The van der Waals surface area contributed by atoms with E-state index < -0.39 is 5.97 Å². The van der Waals surface area contributed by atoms with E-state index in [1.165, 1.54) is 0 Å². The lowest BCUT2D eigenvalue weighted by Crippen LogP contribution is -2.40. The highest BCUT2D eigenvalue weighted by atomic mass is 16.5. The Bertz CT molecular complexity index is 806. The van der Waals surface area contributed by atoms with Crippen LogP contribution in [0.15, 0.2) is 30.5 Å². The third-order valence-electron chi connectivity index (χ3n) is 5.65. The van der Waals surface area contributed by atoms with Crippen molar-refractivity contribution in [2.24, 2.45) is 5.41 Å². The number of carbonyl (C=O) groups excluding carboxylic acids is 1. The van der Waals surface area contributed by atoms with Crippen LogP contribution in [-0.2, 0) is 16.1 Å². The summed E-state index contributed by atoms with van der Waals surface area (Å²) in [5.41, 5.74) is 0.700. The number of carbonyl (C=O) groups is 2. The van der Waals surface area contributed by atoms with Crippen LogP contribution >= 0.6 is 0 Å². The SMILES string of the molecule is COc1cccc2ccn(CCC(=O)NCC3(CC(=O)O)CCCCC3)c12. The van der Waals surface area contributed by atoms with E-state index in [1.54, 1.807) is 7.11 Å². The highest BCUT2D eigenvalue weighted by Crippen LogP contribution is 2.38. The fourth-order valence-corrected chi connectivity index (χ4v) is 4.21. The van der Waals surface area contributed by atoms with Crippen molar-refractivity contribution in [3.63, 3.8) is 0 Å². The Morgan fingerprint density at radius 1 is 1.22 bits per heavy atom. The molecule has 2 N–H and O–H groups in total. The molecule has 27 heavy (non-hydrogen) atoms. The van der Waals surface area contributed by atoms with Gasteiger partial charge in [0.15, 0.2) is 0 Å². The number of nitrogens with one attached hydrogen (secondary N) is 1. The molecule has 146 valence electrons. The van der Waals surface area contributed by atoms with Gasteiger partial charge in [-0.3, -0.25) is 9.59 Å². The van der Waals surface area contributed by atoms with Gasteiger partial charge >= 0.3 is 5.97 Å². The summed E-state index contributed by atoms with van der Waals surface area (Å²) in [5.74, 6) is -0.0281. The minimum atomic E-state index is -0.781. The number of methoxy groups -OCH3 is 1. The largest absolute Gasteiger partial charge is 0.495 e. The molecular formula is C21H28N2O4. The second-order valence-corrected chi connectivity index (χ2v) is 7.57. The first-order valence-corrected chi connectivity index (χ1v) is 9.63. The molecule has 0 bridgehead atoms. The third kappa shape index (κ3) is 4.62. The Labute approximate surface area is 159 Å². The maximum Gasteiger partial charge on any atom is 0.303 e. The molecule has 1 amide bonds. The Morgan fingerprint density at radius 3 is 2.70 bits per heavy atom. The van der Waals surface area contributed by atoms with Crippen molar-refractivity contribution in [2.45, 2.75) is 51.5 Å². The number of ether oxygens (including phenoxy) is 1. The van der Waals surface area contributed by atoms with Crippen molar-refractivity contribution in [1.82, 2.24) is 9.88 Å². The summed E-state index contributed by atoms with van der Waals surface area (Å²) in [6.07, 6.45) is 7.43. The second kappa shape index (κ2) is 8.46. The molecule has 0 aliphatic heterocycles. The van der Waals surface area contributed by atoms with E-state index >= 15 is 0 Å². The maximum absolute atomic E-state index is 12.4. The highest BCUT2D eigenvalue weighted by molar-refractivity contribution is 5.86. The van der Waals surface area contributed by atoms with Gasteiger partial charge < -0.3 is 19.7 Å². The molecule has 6 nitrogen and oxygen atoms in total. The van der Waals surface area contributed by atoms with Gasteiger partial charge in [-0.15, -0.1) is 0 Å². The smallest absolute Gasteiger partial charge is 0.303 e. The predicted octanol–water partition coefficient (Wildman–Crippen LogP) is 3.58. The zero-order valence-electron chi connectivity index (χ0n) is 15.9. The van der Waals surface area contributed by atoms with Crippen molar-refractivity contribution < 1.29 is 19.4 Å². The Balaban J connectivity index is 1.59. The molecule has 0 saturated heterocycles. The van der Waals surface area contributed by atoms with E-state index in [4.69, 9.17) is 4.74 Å². The molecule has 2 aromatic rings. The van der Waals surface area contributed by atoms with Crippen LogP contribution < -0.4 is 10.1 Å². The molecule has 6 heteroatoms. The summed E-state index contributed by atoms with van der Waals surface area (Å²) in [5, 5.41) is 13.3. The van der Waals surface area contributed by atoms with E-state index in [9.17, 15) is 14.7 Å². The number of rotatable bonds is 8. The fraction of sp³-hybridized carbons (Fsp3) is 0.524. The van der Waals surface area contributed by atoms with Crippen LogP contribution in [0.25, 0.3) is 10.9 Å². The van der Waals surface area contributed by atoms with Crippen LogP contribution in [0.3, 0.4) is 0 Å². The number of hydrogen-bond acceptors (Lipinski definition) is 3. The monoisotopic (exact) mass is 372 g/mol. The highest BCUT2D eigenvalue weighted by Gasteiger charge is 2.34. The van der Waals surface area contributed by atoms with Crippen molar-refractivity contribution in [2.75, 3.05) is 13.7 Å². The predicted molar refractivity (Wildman–Crippen MR) is 104 cm³/mol. The Morgan fingerprint density at radius 2 is 2.00 bits per heavy atom. The van der Waals surface area contributed by atoms with Gasteiger partial charge in [0.2, 0.25) is 5.91 Å². The number of amides is 1. The molecule has 0 radical (unpaired) electrons. The van der Waals surface area contributed by atoms with Crippen LogP contribution in [0.2, 0.25) is 0 Å². The number of nitrogens with zero attached hydrogens (tertiary/aromatic N) is 1. The van der Waals surface area contributed by atoms with Gasteiger partial charge in [-0.1, -0.05) is 31.4 Å². The van der Waals surface area contributed by atoms with Crippen LogP contribution in [-0.4, -0.2) is 35.2 Å². The van der Waals surface area contributed by atoms with Gasteiger partial charge in [0, 0.05) is 31.1 Å². The molecule has 1 heterocycles. The maximum atomic E-state index is 12.4. The lowest BCUT2D eigenvalue weighted by molar-refractivity contribution is -0.140. The number of fused-ring (bicyclic) bond motifs is 1. The molecule has 1 aliphatic rings. The number of carboxylic acid groups (broad SMARTS) is 1. The fourth-order valence-electron chi connectivity index (χ4n) is 4.21. The summed E-state index contributed by atoms with van der Waals surface area (Å²) in [7, 11) is 1.64. The number of benzene rings is 1. The molecule has 0 spiro atoms. The Kier molecular flexibility index (Phi) is 6.04. The van der Waals surface area contributed by atoms with Gasteiger partial charge in [-0.2, -0.15) is 0 Å². The molecule has 1 saturated carbocycles. The third-order valence-corrected chi connectivity index (χ3v) is 5.65. The van der Waals surface area contributed by atoms with Gasteiger partial charge in [0.25, 0.3) is 0 Å². The first-order chi connectivity index (χ1) is 13.0. The van der Waals surface area contributed by atoms with Crippen molar-refractivity contribution in [3.8, 4) is 5.75 Å². The average Bonchev–Trinajstić information content (AvgIpc) is 3.08. The molecular weight excluding hydrogens is 344 g/mol.